The van der Waals surface area contributed by atoms with Crippen LogP contribution in [0.2, 0.25) is 0 Å². The number of ether oxygens (including phenoxy) is 2. The second kappa shape index (κ2) is 8.62. The highest BCUT2D eigenvalue weighted by Gasteiger charge is 2.61. The zero-order chi connectivity index (χ0) is 21.3. The van der Waals surface area contributed by atoms with E-state index in [1.54, 1.807) is 0 Å². The molecule has 6 aliphatic carbocycles. The predicted molar refractivity (Wildman–Crippen MR) is 123 cm³/mol. The van der Waals surface area contributed by atoms with Gasteiger partial charge < -0.3 is 9.47 Å². The minimum Gasteiger partial charge on any atom is -0.465 e. The van der Waals surface area contributed by atoms with E-state index < -0.39 is 0 Å². The van der Waals surface area contributed by atoms with Gasteiger partial charge in [0.25, 0.3) is 0 Å². The first-order chi connectivity index (χ1) is 15.0. The van der Waals surface area contributed by atoms with Crippen molar-refractivity contribution in [3.63, 3.8) is 0 Å². The van der Waals surface area contributed by atoms with Crippen molar-refractivity contribution in [2.75, 3.05) is 13.2 Å². The van der Waals surface area contributed by atoms with Crippen LogP contribution in [-0.2, 0) is 19.1 Å². The van der Waals surface area contributed by atoms with Crippen molar-refractivity contribution >= 4 is 11.9 Å². The van der Waals surface area contributed by atoms with Crippen LogP contribution in [-0.4, -0.2) is 25.2 Å². The molecule has 6 bridgehead atoms. The summed E-state index contributed by atoms with van der Waals surface area (Å²) < 4.78 is 11.9. The van der Waals surface area contributed by atoms with Gasteiger partial charge in [-0.25, -0.2) is 0 Å². The van der Waals surface area contributed by atoms with Gasteiger partial charge in [0.15, 0.2) is 0 Å². The number of rotatable bonds is 6. The Labute approximate surface area is 194 Å². The molecule has 0 aliphatic heterocycles. The number of hydrogen-bond donors (Lipinski definition) is 0. The van der Waals surface area contributed by atoms with Crippen LogP contribution < -0.4 is 0 Å². The van der Waals surface area contributed by atoms with Crippen LogP contribution in [0.1, 0.15) is 79.1 Å². The molecule has 0 amide bonds. The average molecular weight is 445 g/mol. The van der Waals surface area contributed by atoms with Gasteiger partial charge in [-0.1, -0.05) is 34.1 Å². The van der Waals surface area contributed by atoms with Crippen LogP contribution in [0.3, 0.4) is 0 Å². The fraction of sp³-hybridized carbons (Fsp3) is 0.929. The van der Waals surface area contributed by atoms with Gasteiger partial charge in [0.2, 0.25) is 0 Å². The van der Waals surface area contributed by atoms with Crippen molar-refractivity contribution in [1.29, 1.82) is 0 Å². The molecule has 6 aliphatic rings. The predicted octanol–water partition coefficient (Wildman–Crippen LogP) is 5.74. The third kappa shape index (κ3) is 3.63. The van der Waals surface area contributed by atoms with Crippen molar-refractivity contribution < 1.29 is 19.1 Å². The molecule has 0 heterocycles. The van der Waals surface area contributed by atoms with E-state index in [1.165, 1.54) is 51.4 Å². The summed E-state index contributed by atoms with van der Waals surface area (Å²) in [5.74, 6) is 5.16. The molecule has 4 heteroatoms. The van der Waals surface area contributed by atoms with E-state index in [2.05, 4.69) is 13.8 Å². The highest BCUT2D eigenvalue weighted by molar-refractivity contribution is 5.84. The summed E-state index contributed by atoms with van der Waals surface area (Å²) in [6.07, 6.45) is 11.5. The minimum absolute atomic E-state index is 0. The van der Waals surface area contributed by atoms with E-state index in [1.807, 2.05) is 0 Å². The molecule has 0 saturated heterocycles. The fourth-order valence-electron chi connectivity index (χ4n) is 9.38. The molecule has 10 unspecified atom stereocenters. The molecule has 0 aromatic carbocycles. The van der Waals surface area contributed by atoms with Gasteiger partial charge in [-0.15, -0.1) is 0 Å². The number of hydrogen-bond acceptors (Lipinski definition) is 4. The van der Waals surface area contributed by atoms with E-state index >= 15 is 0 Å². The number of fused-ring (bicyclic) bond motifs is 6. The van der Waals surface area contributed by atoms with Crippen LogP contribution >= 0.6 is 0 Å². The molecule has 0 radical (unpaired) electrons. The first-order valence-corrected chi connectivity index (χ1v) is 13.3. The fourth-order valence-corrected chi connectivity index (χ4v) is 9.38. The Hall–Kier alpha value is -1.06. The maximum atomic E-state index is 13.3. The van der Waals surface area contributed by atoms with Crippen molar-refractivity contribution in [3.8, 4) is 0 Å². The van der Waals surface area contributed by atoms with E-state index in [0.29, 0.717) is 36.9 Å². The maximum absolute atomic E-state index is 13.3. The Morgan fingerprint density at radius 1 is 0.656 bits per heavy atom. The summed E-state index contributed by atoms with van der Waals surface area (Å²) in [7, 11) is 0. The minimum atomic E-state index is -0.276. The van der Waals surface area contributed by atoms with E-state index in [4.69, 9.17) is 9.47 Å². The van der Waals surface area contributed by atoms with Crippen LogP contribution in [0.15, 0.2) is 0 Å². The third-order valence-electron chi connectivity index (χ3n) is 11.2. The monoisotopic (exact) mass is 444 g/mol. The lowest BCUT2D eigenvalue weighted by Gasteiger charge is -2.36. The molecule has 0 aromatic rings. The van der Waals surface area contributed by atoms with Crippen molar-refractivity contribution in [3.05, 3.63) is 0 Å². The third-order valence-corrected chi connectivity index (χ3v) is 11.2. The highest BCUT2D eigenvalue weighted by atomic mass is 16.5. The molecule has 0 spiro atoms. The molecule has 0 N–H and O–H groups in total. The van der Waals surface area contributed by atoms with Crippen molar-refractivity contribution in [2.24, 2.45) is 71.0 Å². The summed E-state index contributed by atoms with van der Waals surface area (Å²) in [6, 6.07) is 0. The Morgan fingerprint density at radius 2 is 1.09 bits per heavy atom. The van der Waals surface area contributed by atoms with Crippen LogP contribution in [0.5, 0.6) is 0 Å². The van der Waals surface area contributed by atoms with Gasteiger partial charge in [-0.2, -0.15) is 0 Å². The van der Waals surface area contributed by atoms with Gasteiger partial charge in [0.05, 0.1) is 25.0 Å². The number of carbonyl (C=O) groups is 2. The summed E-state index contributed by atoms with van der Waals surface area (Å²) in [5, 5.41) is 0. The molecule has 12 atom stereocenters. The lowest BCUT2D eigenvalue weighted by Crippen LogP contribution is -2.43. The second-order valence-corrected chi connectivity index (χ2v) is 12.5. The largest absolute Gasteiger partial charge is 0.465 e. The Bertz CT molecular complexity index is 673. The maximum Gasteiger partial charge on any atom is 0.310 e. The summed E-state index contributed by atoms with van der Waals surface area (Å²) in [5.41, 5.74) is 0. The zero-order valence-corrected chi connectivity index (χ0v) is 19.3. The lowest BCUT2D eigenvalue weighted by molar-refractivity contribution is -0.167. The van der Waals surface area contributed by atoms with Crippen molar-refractivity contribution in [2.45, 2.75) is 79.1 Å². The molecular weight excluding hydrogens is 400 g/mol. The first-order valence-electron chi connectivity index (χ1n) is 13.3. The summed E-state index contributed by atoms with van der Waals surface area (Å²) in [6.45, 7) is 5.68. The molecule has 4 nitrogen and oxygen atoms in total. The normalized spacial score (nSPS) is 49.9. The van der Waals surface area contributed by atoms with E-state index in [9.17, 15) is 9.59 Å². The van der Waals surface area contributed by atoms with E-state index in [-0.39, 0.29) is 43.0 Å². The van der Waals surface area contributed by atoms with Crippen molar-refractivity contribution in [1.82, 2.24) is 0 Å². The van der Waals surface area contributed by atoms with Gasteiger partial charge >= 0.3 is 11.9 Å². The molecule has 6 saturated carbocycles. The Balaban J connectivity index is 0.00000216. The molecule has 6 fully saturated rings. The van der Waals surface area contributed by atoms with Gasteiger partial charge in [-0.05, 0) is 104 Å². The number of carbonyl (C=O) groups excluding carboxylic acids is 2. The standard InChI is InChI=1S/C27H40O4.CH4/c1-14-15(2)23-11-22(14)24(26(28)30-12-20-9-16-3-5-18(20)7-16)25(23)27(29)31-13-21-10-17-4-6-19(21)8-17;/h14-25H,3-13H2,1-2H3;1H4/t14?,15?,16?,17?,18?,19?,20?,21?,22?,23?,24-,25+;. The number of esters is 2. The SMILES string of the molecule is C.CC1C(C)C2CC1[C@@H](C(=O)OCC1CC3CCC1C3)[C@H]2C(=O)OCC1CC2CCC1C2. The van der Waals surface area contributed by atoms with Crippen LogP contribution in [0, 0.1) is 71.0 Å². The molecule has 180 valence electrons. The smallest absolute Gasteiger partial charge is 0.310 e. The molecule has 32 heavy (non-hydrogen) atoms. The van der Waals surface area contributed by atoms with Crippen LogP contribution in [0.4, 0.5) is 0 Å². The van der Waals surface area contributed by atoms with Gasteiger partial charge in [0.1, 0.15) is 0 Å². The summed E-state index contributed by atoms with van der Waals surface area (Å²) in [4.78, 5) is 26.6. The molecule has 0 aromatic heterocycles. The average Bonchev–Trinajstić information content (AvgIpc) is 3.60. The Morgan fingerprint density at radius 3 is 1.44 bits per heavy atom. The topological polar surface area (TPSA) is 52.6 Å². The zero-order valence-electron chi connectivity index (χ0n) is 19.3. The van der Waals surface area contributed by atoms with E-state index in [0.717, 1.165) is 30.1 Å². The van der Waals surface area contributed by atoms with Gasteiger partial charge in [0, 0.05) is 0 Å². The quantitative estimate of drug-likeness (QED) is 0.491. The Kier molecular flexibility index (Phi) is 6.12. The first kappa shape index (κ1) is 22.7. The molecule has 6 rings (SSSR count). The summed E-state index contributed by atoms with van der Waals surface area (Å²) >= 11 is 0. The van der Waals surface area contributed by atoms with Gasteiger partial charge in [-0.3, -0.25) is 9.59 Å². The molecular formula is C28H44O4. The van der Waals surface area contributed by atoms with Crippen LogP contribution in [0.25, 0.3) is 0 Å². The highest BCUT2D eigenvalue weighted by Crippen LogP contribution is 2.59. The second-order valence-electron chi connectivity index (χ2n) is 12.5. The lowest BCUT2D eigenvalue weighted by atomic mass is 9.69.